The second kappa shape index (κ2) is 2.34. The molecule has 2 nitrogen and oxygen atoms in total. The molecule has 0 radical (unpaired) electrons. The molecule has 0 unspecified atom stereocenters. The molecule has 0 aromatic carbocycles. The summed E-state index contributed by atoms with van der Waals surface area (Å²) >= 11 is 4.47. The van der Waals surface area contributed by atoms with Crippen molar-refractivity contribution in [3.05, 3.63) is 0 Å². The van der Waals surface area contributed by atoms with Gasteiger partial charge in [0.05, 0.1) is 0 Å². The number of hydrogen-bond acceptors (Lipinski definition) is 2. The van der Waals surface area contributed by atoms with E-state index in [0.29, 0.717) is 0 Å². The van der Waals surface area contributed by atoms with Crippen molar-refractivity contribution in [2.24, 2.45) is 0 Å². The molecule has 0 amide bonds. The quantitative estimate of drug-likeness (QED) is 0.570. The van der Waals surface area contributed by atoms with E-state index in [1.54, 1.807) is 0 Å². The van der Waals surface area contributed by atoms with E-state index in [2.05, 4.69) is 11.6 Å². The highest BCUT2D eigenvalue weighted by Gasteiger charge is 2.44. The highest BCUT2D eigenvalue weighted by Crippen LogP contribution is 2.23. The molecule has 0 aliphatic rings. The van der Waals surface area contributed by atoms with Gasteiger partial charge in [0, 0.05) is 0 Å². The molecule has 0 fully saturated rings. The van der Waals surface area contributed by atoms with Crippen molar-refractivity contribution < 1.29 is 21.6 Å². The van der Waals surface area contributed by atoms with Gasteiger partial charge < -0.3 is 0 Å². The van der Waals surface area contributed by atoms with Crippen LogP contribution in [0.25, 0.3) is 0 Å². The molecule has 0 saturated heterocycles. The molecule has 7 heteroatoms. The predicted molar refractivity (Wildman–Crippen MR) is 25.7 cm³/mol. The van der Waals surface area contributed by atoms with Gasteiger partial charge in [-0.15, -0.1) is 11.6 Å². The smallest absolute Gasteiger partial charge is 0.218 e. The van der Waals surface area contributed by atoms with E-state index >= 15 is 0 Å². The Hall–Kier alpha value is 0.0300. The Morgan fingerprint density at radius 3 is 1.67 bits per heavy atom. The van der Waals surface area contributed by atoms with Crippen molar-refractivity contribution in [2.75, 3.05) is 5.21 Å². The SMILES string of the molecule is O=S(=O)(CCl)C(F)(F)F. The molecular formula is C2H2ClF3O2S. The summed E-state index contributed by atoms with van der Waals surface area (Å²) in [5, 5.41) is -1.42. The Bertz CT molecular complexity index is 180. The lowest BCUT2D eigenvalue weighted by molar-refractivity contribution is -0.0431. The van der Waals surface area contributed by atoms with E-state index in [1.165, 1.54) is 0 Å². The van der Waals surface area contributed by atoms with Crippen LogP contribution in [0.2, 0.25) is 0 Å². The Morgan fingerprint density at radius 1 is 1.33 bits per heavy atom. The highest BCUT2D eigenvalue weighted by atomic mass is 35.5. The lowest BCUT2D eigenvalue weighted by Crippen LogP contribution is -2.23. The second-order valence-electron chi connectivity index (χ2n) is 1.17. The first-order chi connectivity index (χ1) is 3.81. The molecule has 0 spiro atoms. The van der Waals surface area contributed by atoms with E-state index in [9.17, 15) is 21.6 Å². The molecule has 56 valence electrons. The summed E-state index contributed by atoms with van der Waals surface area (Å²) in [4.78, 5) is 0. The minimum atomic E-state index is -5.21. The zero-order valence-electron chi connectivity index (χ0n) is 3.94. The summed E-state index contributed by atoms with van der Waals surface area (Å²) in [5.74, 6) is 0. The first-order valence-corrected chi connectivity index (χ1v) is 3.85. The fourth-order valence-corrected chi connectivity index (χ4v) is 0.557. The molecule has 0 bridgehead atoms. The second-order valence-corrected chi connectivity index (χ2v) is 3.73. The van der Waals surface area contributed by atoms with Crippen molar-refractivity contribution in [3.8, 4) is 0 Å². The molecule has 0 saturated carbocycles. The van der Waals surface area contributed by atoms with Crippen molar-refractivity contribution in [1.82, 2.24) is 0 Å². The van der Waals surface area contributed by atoms with Gasteiger partial charge in [-0.1, -0.05) is 0 Å². The number of sulfone groups is 1. The minimum Gasteiger partial charge on any atom is -0.218 e. The molecule has 9 heavy (non-hydrogen) atoms. The number of rotatable bonds is 1. The predicted octanol–water partition coefficient (Wildman–Crippen LogP) is 1.12. The largest absolute Gasteiger partial charge is 0.498 e. The van der Waals surface area contributed by atoms with Crippen LogP contribution in [0.15, 0.2) is 0 Å². The van der Waals surface area contributed by atoms with Crippen LogP contribution in [0.3, 0.4) is 0 Å². The zero-order valence-corrected chi connectivity index (χ0v) is 5.52. The van der Waals surface area contributed by atoms with Gasteiger partial charge >= 0.3 is 5.51 Å². The Kier molecular flexibility index (Phi) is 2.35. The molecule has 0 N–H and O–H groups in total. The van der Waals surface area contributed by atoms with E-state index in [1.807, 2.05) is 0 Å². The monoisotopic (exact) mass is 182 g/mol. The van der Waals surface area contributed by atoms with Gasteiger partial charge in [0.25, 0.3) is 9.84 Å². The van der Waals surface area contributed by atoms with Gasteiger partial charge in [-0.05, 0) is 0 Å². The maximum atomic E-state index is 11.2. The highest BCUT2D eigenvalue weighted by molar-refractivity contribution is 7.93. The summed E-state index contributed by atoms with van der Waals surface area (Å²) < 4.78 is 53.0. The molecular weight excluding hydrogens is 181 g/mol. The first-order valence-electron chi connectivity index (χ1n) is 1.66. The summed E-state index contributed by atoms with van der Waals surface area (Å²) in [6, 6.07) is 0. The van der Waals surface area contributed by atoms with E-state index in [-0.39, 0.29) is 0 Å². The van der Waals surface area contributed by atoms with Crippen molar-refractivity contribution >= 4 is 21.4 Å². The minimum absolute atomic E-state index is 1.42. The topological polar surface area (TPSA) is 34.1 Å². The summed E-state index contributed by atoms with van der Waals surface area (Å²) in [5.41, 5.74) is -5.21. The maximum Gasteiger partial charge on any atom is 0.498 e. The number of hydrogen-bond donors (Lipinski definition) is 0. The lowest BCUT2D eigenvalue weighted by atomic mass is 11.6. The molecule has 0 heterocycles. The molecule has 0 aromatic rings. The van der Waals surface area contributed by atoms with Gasteiger partial charge in [-0.2, -0.15) is 13.2 Å². The van der Waals surface area contributed by atoms with Gasteiger partial charge in [-0.3, -0.25) is 0 Å². The first kappa shape index (κ1) is 9.03. The third kappa shape index (κ3) is 2.02. The average Bonchev–Trinajstić information content (AvgIpc) is 1.64. The Labute approximate surface area is 54.5 Å². The fraction of sp³-hybridized carbons (Fsp3) is 1.00. The third-order valence-corrected chi connectivity index (χ3v) is 2.35. The summed E-state index contributed by atoms with van der Waals surface area (Å²) in [7, 11) is -5.07. The van der Waals surface area contributed by atoms with Gasteiger partial charge in [0.1, 0.15) is 5.21 Å². The molecule has 0 aromatic heterocycles. The van der Waals surface area contributed by atoms with Gasteiger partial charge in [-0.25, -0.2) is 8.42 Å². The van der Waals surface area contributed by atoms with Crippen LogP contribution >= 0.6 is 11.6 Å². The lowest BCUT2D eigenvalue weighted by Gasteiger charge is -2.02. The van der Waals surface area contributed by atoms with E-state index in [4.69, 9.17) is 0 Å². The Morgan fingerprint density at radius 2 is 1.67 bits per heavy atom. The van der Waals surface area contributed by atoms with Crippen molar-refractivity contribution in [2.45, 2.75) is 5.51 Å². The standard InChI is InChI=1S/C2H2ClF3O2S/c3-1-9(7,8)2(4,5)6/h1H2. The van der Waals surface area contributed by atoms with Gasteiger partial charge in [0.2, 0.25) is 0 Å². The van der Waals surface area contributed by atoms with Crippen LogP contribution in [-0.4, -0.2) is 19.1 Å². The number of alkyl halides is 4. The maximum absolute atomic E-state index is 11.2. The normalized spacial score (nSPS) is 13.8. The van der Waals surface area contributed by atoms with Crippen LogP contribution in [-0.2, 0) is 9.84 Å². The Balaban J connectivity index is 4.57. The zero-order chi connectivity index (χ0) is 7.71. The van der Waals surface area contributed by atoms with E-state index in [0.717, 1.165) is 0 Å². The third-order valence-electron chi connectivity index (χ3n) is 0.496. The van der Waals surface area contributed by atoms with Crippen LogP contribution in [0.4, 0.5) is 13.2 Å². The molecule has 0 aliphatic carbocycles. The number of halogens is 4. The van der Waals surface area contributed by atoms with Crippen LogP contribution < -0.4 is 0 Å². The van der Waals surface area contributed by atoms with Crippen LogP contribution in [0.5, 0.6) is 0 Å². The molecule has 0 rings (SSSR count). The van der Waals surface area contributed by atoms with Crippen molar-refractivity contribution in [3.63, 3.8) is 0 Å². The molecule has 0 aliphatic heterocycles. The van der Waals surface area contributed by atoms with Crippen LogP contribution in [0.1, 0.15) is 0 Å². The van der Waals surface area contributed by atoms with Crippen molar-refractivity contribution in [1.29, 1.82) is 0 Å². The van der Waals surface area contributed by atoms with E-state index < -0.39 is 20.6 Å². The molecule has 0 atom stereocenters. The van der Waals surface area contributed by atoms with Crippen LogP contribution in [0, 0.1) is 0 Å². The fourth-order valence-electron chi connectivity index (χ4n) is 0.0619. The average molecular weight is 183 g/mol. The van der Waals surface area contributed by atoms with Gasteiger partial charge in [0.15, 0.2) is 0 Å². The summed E-state index contributed by atoms with van der Waals surface area (Å²) in [6.45, 7) is 0. The summed E-state index contributed by atoms with van der Waals surface area (Å²) in [6.07, 6.45) is 0.